The molecule has 306 valence electrons. The number of nitrogens with two attached hydrogens (primary N) is 1. The Morgan fingerprint density at radius 2 is 1.56 bits per heavy atom. The summed E-state index contributed by atoms with van der Waals surface area (Å²) in [5.74, 6) is -5.61. The van der Waals surface area contributed by atoms with Gasteiger partial charge in [-0.25, -0.2) is 24.1 Å². The van der Waals surface area contributed by atoms with Crippen molar-refractivity contribution in [1.82, 2.24) is 19.5 Å². The van der Waals surface area contributed by atoms with E-state index in [-0.39, 0.29) is 23.3 Å². The molecule has 0 aromatic carbocycles. The van der Waals surface area contributed by atoms with Crippen LogP contribution in [0.3, 0.4) is 0 Å². The predicted molar refractivity (Wildman–Crippen MR) is 175 cm³/mol. The van der Waals surface area contributed by atoms with E-state index in [2.05, 4.69) is 19.3 Å². The minimum Gasteiger partial charge on any atom is -0.462 e. The summed E-state index contributed by atoms with van der Waals surface area (Å²) in [6.45, 7) is 2.22. The lowest BCUT2D eigenvalue weighted by atomic mass is 9.87. The molecule has 0 saturated carbocycles. The minimum absolute atomic E-state index is 0.0818. The van der Waals surface area contributed by atoms with E-state index in [4.69, 9.17) is 52.7 Å². The average Bonchev–Trinajstić information content (AvgIpc) is 3.67. The molecule has 0 aliphatic carbocycles. The van der Waals surface area contributed by atoms with Gasteiger partial charge in [0.1, 0.15) is 55.3 Å². The number of phosphoric acid groups is 2. The molecule has 0 bridgehead atoms. The summed E-state index contributed by atoms with van der Waals surface area (Å²) in [5.41, 5.74) is 6.38. The molecule has 2 aromatic rings. The summed E-state index contributed by atoms with van der Waals surface area (Å²) in [5, 5.41) is 0. The Bertz CT molecular complexity index is 1830. The highest BCUT2D eigenvalue weighted by Gasteiger charge is 2.56. The van der Waals surface area contributed by atoms with Crippen molar-refractivity contribution < 1.29 is 94.1 Å². The van der Waals surface area contributed by atoms with Gasteiger partial charge in [0.05, 0.1) is 18.9 Å². The zero-order valence-corrected chi connectivity index (χ0v) is 31.7. The Kier molecular flexibility index (Phi) is 14.5. The normalized spacial score (nSPS) is 29.3. The number of nitrogens with zero attached hydrogens (tertiary/aromatic N) is 4. The van der Waals surface area contributed by atoms with E-state index in [9.17, 15) is 42.9 Å². The molecule has 27 heteroatoms. The van der Waals surface area contributed by atoms with E-state index < -0.39 is 114 Å². The molecule has 4 heterocycles. The first kappa shape index (κ1) is 43.7. The number of nitrogen functional groups attached to an aromatic ring is 1. The first-order valence-electron chi connectivity index (χ1n) is 15.9. The van der Waals surface area contributed by atoms with Crippen LogP contribution in [0.2, 0.25) is 0 Å². The van der Waals surface area contributed by atoms with Gasteiger partial charge in [0.25, 0.3) is 0 Å². The molecule has 2 fully saturated rings. The summed E-state index contributed by atoms with van der Waals surface area (Å²) in [4.78, 5) is 93.5. The smallest absolute Gasteiger partial charge is 0.462 e. The minimum atomic E-state index is -5.85. The molecule has 25 nitrogen and oxygen atoms in total. The first-order chi connectivity index (χ1) is 25.8. The number of fused-ring (bicyclic) bond motifs is 1. The van der Waals surface area contributed by atoms with Crippen LogP contribution in [-0.4, -0.2) is 136 Å². The quantitative estimate of drug-likeness (QED) is 0.0782. The highest BCUT2D eigenvalue weighted by molar-refractivity contribution is 7.61. The van der Waals surface area contributed by atoms with E-state index in [1.165, 1.54) is 31.4 Å². The number of phosphoric ester groups is 2. The molecule has 12 atom stereocenters. The van der Waals surface area contributed by atoms with Crippen LogP contribution in [-0.2, 0) is 84.4 Å². The number of hydrogen-bond acceptors (Lipinski definition) is 22. The van der Waals surface area contributed by atoms with Crippen molar-refractivity contribution in [2.24, 2.45) is 5.92 Å². The van der Waals surface area contributed by atoms with Gasteiger partial charge in [0.2, 0.25) is 6.29 Å². The molecule has 7 unspecified atom stereocenters. The molecular weight excluding hydrogens is 788 g/mol. The van der Waals surface area contributed by atoms with Gasteiger partial charge < -0.3 is 58.2 Å². The molecule has 4 rings (SSSR count). The molecule has 0 amide bonds. The van der Waals surface area contributed by atoms with Crippen molar-refractivity contribution in [3.8, 4) is 0 Å². The third-order valence-electron chi connectivity index (χ3n) is 7.87. The predicted octanol–water partition coefficient (Wildman–Crippen LogP) is -0.515. The van der Waals surface area contributed by atoms with Crippen molar-refractivity contribution in [3.05, 3.63) is 12.7 Å². The lowest BCUT2D eigenvalue weighted by Crippen LogP contribution is -2.62. The number of esters is 4. The number of aromatic nitrogens is 4. The molecular formula is C28H39N5O20P2. The summed E-state index contributed by atoms with van der Waals surface area (Å²) in [6, 6.07) is 0. The van der Waals surface area contributed by atoms with Gasteiger partial charge in [-0.2, -0.15) is 4.31 Å². The number of hydrogen-bond donors (Lipinski definition) is 3. The zero-order valence-electron chi connectivity index (χ0n) is 29.9. The lowest BCUT2D eigenvalue weighted by Gasteiger charge is -2.45. The molecule has 0 spiro atoms. The maximum Gasteiger partial charge on any atom is 0.483 e. The van der Waals surface area contributed by atoms with Crippen molar-refractivity contribution in [2.45, 2.75) is 82.9 Å². The van der Waals surface area contributed by atoms with Crippen molar-refractivity contribution in [1.29, 1.82) is 0 Å². The molecule has 0 radical (unpaired) electrons. The van der Waals surface area contributed by atoms with Gasteiger partial charge in [0, 0.05) is 41.9 Å². The van der Waals surface area contributed by atoms with Crippen LogP contribution in [0.4, 0.5) is 5.82 Å². The van der Waals surface area contributed by atoms with Crippen LogP contribution < -0.4 is 5.73 Å². The summed E-state index contributed by atoms with van der Waals surface area (Å²) < 4.78 is 85.4. The Morgan fingerprint density at radius 1 is 0.909 bits per heavy atom. The SMILES string of the molecule is COC1C(OC)[C@@H](COP(=O)(O)OP(=O)(O)O[C@@H]2OC([C@@H](COC(C)=O)OC(C)=O)[C@@H](OC(C)=O)C(C=O)C2OC(C)=O)O[C@H]1n1cnc2c(N)ncnc21. The van der Waals surface area contributed by atoms with Crippen LogP contribution in [0.5, 0.6) is 0 Å². The highest BCUT2D eigenvalue weighted by Crippen LogP contribution is 2.62. The number of rotatable bonds is 17. The summed E-state index contributed by atoms with van der Waals surface area (Å²) >= 11 is 0. The van der Waals surface area contributed by atoms with Gasteiger partial charge in [0.15, 0.2) is 29.9 Å². The molecule has 2 aliphatic heterocycles. The largest absolute Gasteiger partial charge is 0.483 e. The van der Waals surface area contributed by atoms with E-state index in [0.717, 1.165) is 27.7 Å². The van der Waals surface area contributed by atoms with E-state index in [1.807, 2.05) is 0 Å². The zero-order chi connectivity index (χ0) is 40.8. The Labute approximate surface area is 311 Å². The van der Waals surface area contributed by atoms with Gasteiger partial charge in [-0.1, -0.05) is 0 Å². The van der Waals surface area contributed by atoms with Crippen LogP contribution in [0, 0.1) is 5.92 Å². The first-order valence-corrected chi connectivity index (χ1v) is 18.9. The third kappa shape index (κ3) is 10.9. The molecule has 2 aromatic heterocycles. The number of anilines is 1. The molecule has 55 heavy (non-hydrogen) atoms. The highest BCUT2D eigenvalue weighted by atomic mass is 31.3. The van der Waals surface area contributed by atoms with Crippen LogP contribution >= 0.6 is 15.6 Å². The Balaban J connectivity index is 1.56. The van der Waals surface area contributed by atoms with E-state index >= 15 is 0 Å². The summed E-state index contributed by atoms with van der Waals surface area (Å²) in [7, 11) is -8.82. The van der Waals surface area contributed by atoms with Crippen molar-refractivity contribution >= 4 is 62.8 Å². The maximum absolute atomic E-state index is 13.3. The Hall–Kier alpha value is -4.00. The van der Waals surface area contributed by atoms with Gasteiger partial charge in [-0.05, 0) is 0 Å². The van der Waals surface area contributed by atoms with Gasteiger partial charge in [-0.15, -0.1) is 0 Å². The lowest BCUT2D eigenvalue weighted by molar-refractivity contribution is -0.283. The second-order valence-electron chi connectivity index (χ2n) is 11.7. The maximum atomic E-state index is 13.3. The fourth-order valence-electron chi connectivity index (χ4n) is 5.84. The molecule has 2 saturated heterocycles. The van der Waals surface area contributed by atoms with Crippen LogP contribution in [0.25, 0.3) is 11.2 Å². The molecule has 4 N–H and O–H groups in total. The second kappa shape index (κ2) is 18.3. The van der Waals surface area contributed by atoms with Gasteiger partial charge in [-0.3, -0.25) is 32.8 Å². The number of imidazole rings is 1. The number of aldehydes is 1. The third-order valence-corrected chi connectivity index (χ3v) is 10.5. The van der Waals surface area contributed by atoms with Crippen LogP contribution in [0.15, 0.2) is 12.7 Å². The van der Waals surface area contributed by atoms with E-state index in [1.54, 1.807) is 0 Å². The monoisotopic (exact) mass is 827 g/mol. The second-order valence-corrected chi connectivity index (χ2v) is 14.7. The fourth-order valence-corrected chi connectivity index (χ4v) is 7.99. The van der Waals surface area contributed by atoms with Crippen LogP contribution in [0.1, 0.15) is 33.9 Å². The number of ether oxygens (including phenoxy) is 8. The standard InChI is InChI=1S/C28H39N5O20P2/c1-12(35)45-8-17(47-13(2)36)23-20(48-14(3)37)16(7-34)21(49-15(4)38)28(51-23)52-55(41,42)53-54(39,40)46-9-18-22(43-5)24(44-6)27(50-18)33-11-32-19-25(29)30-10-31-26(19)33/h7,10-11,16-18,20-24,27-28H,8-9H2,1-6H3,(H,39,40)(H,41,42)(H2,29,30,31)/t16?,17-,18-,20+,21?,22?,23?,24?,27-,28+/m1/s1. The van der Waals surface area contributed by atoms with Gasteiger partial charge >= 0.3 is 39.5 Å². The number of methoxy groups -OCH3 is 2. The summed E-state index contributed by atoms with van der Waals surface area (Å²) in [6.07, 6.45) is -11.0. The number of carbonyl (C=O) groups is 5. The Morgan fingerprint density at radius 3 is 2.15 bits per heavy atom. The fraction of sp³-hybridized carbons (Fsp3) is 0.643. The van der Waals surface area contributed by atoms with E-state index in [0.29, 0.717) is 0 Å². The molecule has 2 aliphatic rings. The average molecular weight is 828 g/mol. The topological polar surface area (TPSA) is 331 Å². The van der Waals surface area contributed by atoms with Crippen molar-refractivity contribution in [2.75, 3.05) is 33.2 Å². The number of carbonyl (C=O) groups excluding carboxylic acids is 5. The van der Waals surface area contributed by atoms with Crippen molar-refractivity contribution in [3.63, 3.8) is 0 Å².